The van der Waals surface area contributed by atoms with Crippen LogP contribution in [0.5, 0.6) is 0 Å². The lowest BCUT2D eigenvalue weighted by atomic mass is 9.96. The van der Waals surface area contributed by atoms with Gasteiger partial charge in [0.25, 0.3) is 5.91 Å². The fraction of sp³-hybridized carbons (Fsp3) is 0.263. The molecule has 3 aromatic rings. The van der Waals surface area contributed by atoms with E-state index in [1.165, 1.54) is 34.6 Å². The van der Waals surface area contributed by atoms with E-state index < -0.39 is 0 Å². The summed E-state index contributed by atoms with van der Waals surface area (Å²) in [7, 11) is 0. The number of thiophene rings is 1. The van der Waals surface area contributed by atoms with Crippen molar-refractivity contribution in [1.82, 2.24) is 4.98 Å². The number of fused-ring (bicyclic) bond motifs is 1. The Bertz CT molecular complexity index is 916. The van der Waals surface area contributed by atoms with Crippen LogP contribution in [0.25, 0.3) is 0 Å². The van der Waals surface area contributed by atoms with Gasteiger partial charge in [0.05, 0.1) is 5.56 Å². The molecule has 6 heteroatoms. The molecule has 1 N–H and O–H groups in total. The zero-order chi connectivity index (χ0) is 17.2. The van der Waals surface area contributed by atoms with Crippen LogP contribution in [0.3, 0.4) is 0 Å². The number of carbonyl (C=O) groups excluding carboxylic acids is 1. The number of hydrogen-bond donors (Lipinski definition) is 1. The predicted molar refractivity (Wildman–Crippen MR) is 105 cm³/mol. The smallest absolute Gasteiger partial charge is 0.258 e. The van der Waals surface area contributed by atoms with Gasteiger partial charge in [-0.25, -0.2) is 4.98 Å². The summed E-state index contributed by atoms with van der Waals surface area (Å²) in [6.45, 7) is 0. The molecule has 4 rings (SSSR count). The highest BCUT2D eigenvalue weighted by Gasteiger charge is 2.20. The van der Waals surface area contributed by atoms with Crippen LogP contribution in [-0.4, -0.2) is 10.9 Å². The zero-order valence-electron chi connectivity index (χ0n) is 13.5. The second-order valence-electron chi connectivity index (χ2n) is 6.11. The molecule has 2 aromatic heterocycles. The average Bonchev–Trinajstić information content (AvgIpc) is 3.23. The summed E-state index contributed by atoms with van der Waals surface area (Å²) < 4.78 is 0. The molecule has 0 aliphatic heterocycles. The van der Waals surface area contributed by atoms with Crippen molar-refractivity contribution in [3.8, 4) is 0 Å². The van der Waals surface area contributed by atoms with E-state index in [1.807, 2.05) is 35.8 Å². The fourth-order valence-corrected chi connectivity index (χ4v) is 5.28. The number of rotatable bonds is 4. The van der Waals surface area contributed by atoms with Gasteiger partial charge in [-0.3, -0.25) is 10.1 Å². The van der Waals surface area contributed by atoms with Gasteiger partial charge < -0.3 is 0 Å². The van der Waals surface area contributed by atoms with Gasteiger partial charge >= 0.3 is 0 Å². The topological polar surface area (TPSA) is 42.0 Å². The molecule has 3 nitrogen and oxygen atoms in total. The van der Waals surface area contributed by atoms with Crippen molar-refractivity contribution in [3.05, 3.63) is 67.3 Å². The molecule has 0 fully saturated rings. The Hall–Kier alpha value is -1.69. The minimum Gasteiger partial charge on any atom is -0.298 e. The molecule has 25 heavy (non-hydrogen) atoms. The van der Waals surface area contributed by atoms with E-state index in [1.54, 1.807) is 11.3 Å². The predicted octanol–water partition coefficient (Wildman–Crippen LogP) is 5.58. The molecule has 0 spiro atoms. The molecule has 1 amide bonds. The first-order chi connectivity index (χ1) is 12.2. The third-order valence-electron chi connectivity index (χ3n) is 4.40. The highest BCUT2D eigenvalue weighted by molar-refractivity contribution is 7.15. The van der Waals surface area contributed by atoms with Crippen molar-refractivity contribution < 1.29 is 4.79 Å². The van der Waals surface area contributed by atoms with E-state index in [0.717, 1.165) is 40.3 Å². The van der Waals surface area contributed by atoms with Crippen LogP contribution in [0.2, 0.25) is 5.02 Å². The number of thiazole rings is 1. The third-order valence-corrected chi connectivity index (χ3v) is 6.77. The molecule has 1 aromatic carbocycles. The number of nitrogens with one attached hydrogen (secondary N) is 1. The summed E-state index contributed by atoms with van der Waals surface area (Å²) in [5.74, 6) is -0.0435. The van der Waals surface area contributed by atoms with Gasteiger partial charge in [-0.05, 0) is 42.9 Å². The monoisotopic (exact) mass is 388 g/mol. The Morgan fingerprint density at radius 1 is 1.24 bits per heavy atom. The number of carbonyl (C=O) groups is 1. The van der Waals surface area contributed by atoms with Crippen molar-refractivity contribution in [2.24, 2.45) is 0 Å². The van der Waals surface area contributed by atoms with E-state index in [2.05, 4.69) is 10.3 Å². The minimum atomic E-state index is -0.0435. The SMILES string of the molecule is O=C(Nc1ncc(Cc2ccccc2Cl)s1)c1csc2c1CCCC2. The minimum absolute atomic E-state index is 0.0435. The lowest BCUT2D eigenvalue weighted by Crippen LogP contribution is -2.14. The number of amides is 1. The molecule has 0 saturated carbocycles. The van der Waals surface area contributed by atoms with Crippen molar-refractivity contribution in [2.75, 3.05) is 5.32 Å². The molecule has 0 bridgehead atoms. The average molecular weight is 389 g/mol. The second-order valence-corrected chi connectivity index (χ2v) is 8.60. The van der Waals surface area contributed by atoms with E-state index in [-0.39, 0.29) is 5.91 Å². The summed E-state index contributed by atoms with van der Waals surface area (Å²) in [6.07, 6.45) is 7.05. The molecule has 0 saturated heterocycles. The summed E-state index contributed by atoms with van der Waals surface area (Å²) in [6, 6.07) is 7.80. The normalized spacial score (nSPS) is 13.5. The quantitative estimate of drug-likeness (QED) is 0.633. The van der Waals surface area contributed by atoms with E-state index in [9.17, 15) is 4.79 Å². The first kappa shape index (κ1) is 16.8. The van der Waals surface area contributed by atoms with Crippen molar-refractivity contribution in [1.29, 1.82) is 0 Å². The number of benzene rings is 1. The Balaban J connectivity index is 1.47. The van der Waals surface area contributed by atoms with Gasteiger partial charge in [-0.2, -0.15) is 0 Å². The van der Waals surface area contributed by atoms with Gasteiger partial charge in [-0.1, -0.05) is 29.8 Å². The van der Waals surface area contributed by atoms with E-state index in [0.29, 0.717) is 5.13 Å². The van der Waals surface area contributed by atoms with Crippen molar-refractivity contribution >= 4 is 45.3 Å². The standard InChI is InChI=1S/C19H17ClN2OS2/c20-16-7-3-1-5-12(16)9-13-10-21-19(25-13)22-18(23)15-11-24-17-8-4-2-6-14(15)17/h1,3,5,7,10-11H,2,4,6,8-9H2,(H,21,22,23). The lowest BCUT2D eigenvalue weighted by molar-refractivity contribution is 0.102. The molecule has 0 atom stereocenters. The Morgan fingerprint density at radius 2 is 2.08 bits per heavy atom. The fourth-order valence-electron chi connectivity index (χ4n) is 3.13. The van der Waals surface area contributed by atoms with Gasteiger partial charge in [0, 0.05) is 32.8 Å². The maximum atomic E-state index is 12.6. The zero-order valence-corrected chi connectivity index (χ0v) is 15.9. The van der Waals surface area contributed by atoms with Crippen LogP contribution >= 0.6 is 34.3 Å². The second kappa shape index (κ2) is 7.28. The maximum Gasteiger partial charge on any atom is 0.258 e. The van der Waals surface area contributed by atoms with Gasteiger partial charge in [0.15, 0.2) is 5.13 Å². The summed E-state index contributed by atoms with van der Waals surface area (Å²) >= 11 is 9.42. The Morgan fingerprint density at radius 3 is 2.96 bits per heavy atom. The molecule has 1 aliphatic rings. The Kier molecular flexibility index (Phi) is 4.88. The number of aryl methyl sites for hydroxylation is 1. The van der Waals surface area contributed by atoms with Crippen molar-refractivity contribution in [2.45, 2.75) is 32.1 Å². The van der Waals surface area contributed by atoms with Crippen molar-refractivity contribution in [3.63, 3.8) is 0 Å². The van der Waals surface area contributed by atoms with Crippen LogP contribution in [0.1, 0.15) is 44.1 Å². The molecule has 0 unspecified atom stereocenters. The highest BCUT2D eigenvalue weighted by atomic mass is 35.5. The number of hydrogen-bond acceptors (Lipinski definition) is 4. The largest absolute Gasteiger partial charge is 0.298 e. The first-order valence-electron chi connectivity index (χ1n) is 8.29. The number of nitrogens with zero attached hydrogens (tertiary/aromatic N) is 1. The van der Waals surface area contributed by atoms with Crippen LogP contribution in [0, 0.1) is 0 Å². The van der Waals surface area contributed by atoms with E-state index >= 15 is 0 Å². The third kappa shape index (κ3) is 3.64. The number of anilines is 1. The molecule has 1 aliphatic carbocycles. The molecule has 128 valence electrons. The lowest BCUT2D eigenvalue weighted by Gasteiger charge is -2.12. The van der Waals surface area contributed by atoms with Gasteiger partial charge in [0.2, 0.25) is 0 Å². The molecule has 2 heterocycles. The van der Waals surface area contributed by atoms with Crippen LogP contribution < -0.4 is 5.32 Å². The summed E-state index contributed by atoms with van der Waals surface area (Å²) in [5.41, 5.74) is 3.13. The van der Waals surface area contributed by atoms with E-state index in [4.69, 9.17) is 11.6 Å². The number of halogens is 1. The van der Waals surface area contributed by atoms with Crippen LogP contribution in [0.15, 0.2) is 35.8 Å². The van der Waals surface area contributed by atoms with Crippen LogP contribution in [0.4, 0.5) is 5.13 Å². The Labute approximate surface area is 159 Å². The maximum absolute atomic E-state index is 12.6. The molecular formula is C19H17ClN2OS2. The molecular weight excluding hydrogens is 372 g/mol. The number of aromatic nitrogens is 1. The first-order valence-corrected chi connectivity index (χ1v) is 10.4. The highest BCUT2D eigenvalue weighted by Crippen LogP contribution is 2.31. The van der Waals surface area contributed by atoms with Crippen LogP contribution in [-0.2, 0) is 19.3 Å². The summed E-state index contributed by atoms with van der Waals surface area (Å²) in [5, 5.41) is 6.34. The summed E-state index contributed by atoms with van der Waals surface area (Å²) in [4.78, 5) is 19.4. The van der Waals surface area contributed by atoms with Gasteiger partial charge in [0.1, 0.15) is 0 Å². The van der Waals surface area contributed by atoms with Gasteiger partial charge in [-0.15, -0.1) is 22.7 Å². The molecule has 0 radical (unpaired) electrons.